The lowest BCUT2D eigenvalue weighted by Crippen LogP contribution is -2.37. The molecule has 0 spiro atoms. The molecule has 0 aromatic carbocycles. The zero-order valence-corrected chi connectivity index (χ0v) is 10.5. The van der Waals surface area contributed by atoms with Crippen molar-refractivity contribution < 1.29 is 14.8 Å². The maximum atomic E-state index is 11.6. The minimum Gasteiger partial charge on any atom is -0.394 e. The molecule has 1 heterocycles. The highest BCUT2D eigenvalue weighted by Gasteiger charge is 2.22. The smallest absolute Gasteiger partial charge is 0.312 e. The van der Waals surface area contributed by atoms with E-state index < -0.39 is 4.92 Å². The van der Waals surface area contributed by atoms with E-state index in [-0.39, 0.29) is 36.5 Å². The van der Waals surface area contributed by atoms with E-state index >= 15 is 0 Å². The number of nitro groups is 1. The lowest BCUT2D eigenvalue weighted by Gasteiger charge is -2.10. The van der Waals surface area contributed by atoms with Crippen molar-refractivity contribution in [2.75, 3.05) is 6.61 Å². The van der Waals surface area contributed by atoms with Crippen LogP contribution in [0.2, 0.25) is 0 Å². The Morgan fingerprint density at radius 1 is 1.61 bits per heavy atom. The van der Waals surface area contributed by atoms with Crippen LogP contribution in [0.3, 0.4) is 0 Å². The highest BCUT2D eigenvalue weighted by atomic mass is 16.6. The Bertz CT molecular complexity index is 469. The van der Waals surface area contributed by atoms with Gasteiger partial charge < -0.3 is 10.4 Å². The van der Waals surface area contributed by atoms with Crippen molar-refractivity contribution in [2.24, 2.45) is 0 Å². The number of nitrogens with one attached hydrogen (secondary N) is 1. The summed E-state index contributed by atoms with van der Waals surface area (Å²) in [6.07, 6.45) is 0. The first-order valence-corrected chi connectivity index (χ1v) is 5.45. The summed E-state index contributed by atoms with van der Waals surface area (Å²) in [5.74, 6) is -0.350. The molecule has 2 N–H and O–H groups in total. The fourth-order valence-corrected chi connectivity index (χ4v) is 1.61. The Kier molecular flexibility index (Phi) is 4.38. The molecule has 0 unspecified atom stereocenters. The van der Waals surface area contributed by atoms with Gasteiger partial charge in [0.05, 0.1) is 11.5 Å². The fraction of sp³-hybridized carbons (Fsp3) is 0.600. The third kappa shape index (κ3) is 3.04. The van der Waals surface area contributed by atoms with Crippen molar-refractivity contribution in [2.45, 2.75) is 33.4 Å². The number of aromatic nitrogens is 2. The highest BCUT2D eigenvalue weighted by molar-refractivity contribution is 5.76. The molecule has 8 heteroatoms. The van der Waals surface area contributed by atoms with Crippen LogP contribution in [0.5, 0.6) is 0 Å². The molecule has 1 atom stereocenters. The van der Waals surface area contributed by atoms with Crippen LogP contribution >= 0.6 is 0 Å². The molecule has 18 heavy (non-hydrogen) atoms. The topological polar surface area (TPSA) is 110 Å². The SMILES string of the molecule is Cc1nn(CC(=O)N[C@H](C)CO)c(C)c1[N+](=O)[O-]. The van der Waals surface area contributed by atoms with Gasteiger partial charge in [0.1, 0.15) is 17.9 Å². The highest BCUT2D eigenvalue weighted by Crippen LogP contribution is 2.21. The van der Waals surface area contributed by atoms with Crippen LogP contribution in [0.25, 0.3) is 0 Å². The van der Waals surface area contributed by atoms with Gasteiger partial charge in [-0.25, -0.2) is 0 Å². The van der Waals surface area contributed by atoms with Crippen LogP contribution < -0.4 is 5.32 Å². The molecule has 0 saturated carbocycles. The summed E-state index contributed by atoms with van der Waals surface area (Å²) in [6.45, 7) is 4.45. The molecule has 0 radical (unpaired) electrons. The monoisotopic (exact) mass is 256 g/mol. The molecule has 0 fully saturated rings. The van der Waals surface area contributed by atoms with Crippen LogP contribution in [-0.2, 0) is 11.3 Å². The number of aliphatic hydroxyl groups is 1. The Labute approximate surface area is 104 Å². The van der Waals surface area contributed by atoms with E-state index in [2.05, 4.69) is 10.4 Å². The fourth-order valence-electron chi connectivity index (χ4n) is 1.61. The molecule has 0 aliphatic heterocycles. The number of rotatable bonds is 5. The van der Waals surface area contributed by atoms with Gasteiger partial charge in [-0.15, -0.1) is 0 Å². The number of hydrogen-bond donors (Lipinski definition) is 2. The van der Waals surface area contributed by atoms with E-state index in [1.54, 1.807) is 13.8 Å². The van der Waals surface area contributed by atoms with Crippen LogP contribution in [0, 0.1) is 24.0 Å². The van der Waals surface area contributed by atoms with E-state index in [9.17, 15) is 14.9 Å². The standard InChI is InChI=1S/C10H16N4O4/c1-6(5-15)11-9(16)4-13-8(3)10(14(17)18)7(2)12-13/h6,15H,4-5H2,1-3H3,(H,11,16)/t6-/m1/s1. The number of nitrogens with zero attached hydrogens (tertiary/aromatic N) is 3. The van der Waals surface area contributed by atoms with Gasteiger partial charge in [0.25, 0.3) is 0 Å². The van der Waals surface area contributed by atoms with Gasteiger partial charge in [0.2, 0.25) is 5.91 Å². The number of aliphatic hydroxyl groups excluding tert-OH is 1. The molecule has 1 amide bonds. The predicted octanol–water partition coefficient (Wildman–Crippen LogP) is -0.0949. The summed E-state index contributed by atoms with van der Waals surface area (Å²) in [7, 11) is 0. The van der Waals surface area contributed by atoms with Crippen LogP contribution in [0.15, 0.2) is 0 Å². The lowest BCUT2D eigenvalue weighted by molar-refractivity contribution is -0.386. The molecule has 1 rings (SSSR count). The number of hydrogen-bond acceptors (Lipinski definition) is 5. The first-order chi connectivity index (χ1) is 8.36. The van der Waals surface area contributed by atoms with Gasteiger partial charge in [0.15, 0.2) is 0 Å². The van der Waals surface area contributed by atoms with Gasteiger partial charge in [-0.2, -0.15) is 5.10 Å². The van der Waals surface area contributed by atoms with E-state index in [0.717, 1.165) is 0 Å². The van der Waals surface area contributed by atoms with Gasteiger partial charge in [-0.05, 0) is 20.8 Å². The van der Waals surface area contributed by atoms with Crippen LogP contribution in [-0.4, -0.2) is 38.4 Å². The largest absolute Gasteiger partial charge is 0.394 e. The second-order valence-corrected chi connectivity index (χ2v) is 4.09. The van der Waals surface area contributed by atoms with Gasteiger partial charge in [0, 0.05) is 6.04 Å². The Morgan fingerprint density at radius 2 is 2.22 bits per heavy atom. The molecule has 0 aliphatic carbocycles. The van der Waals surface area contributed by atoms with E-state index in [1.165, 1.54) is 11.6 Å². The quantitative estimate of drug-likeness (QED) is 0.564. The zero-order valence-electron chi connectivity index (χ0n) is 10.5. The van der Waals surface area contributed by atoms with Crippen LogP contribution in [0.4, 0.5) is 5.69 Å². The normalized spacial score (nSPS) is 12.2. The van der Waals surface area contributed by atoms with Crippen LogP contribution in [0.1, 0.15) is 18.3 Å². The molecular weight excluding hydrogens is 240 g/mol. The molecule has 0 bridgehead atoms. The lowest BCUT2D eigenvalue weighted by atomic mass is 10.3. The first kappa shape index (κ1) is 14.1. The molecular formula is C10H16N4O4. The number of carbonyl (C=O) groups excluding carboxylic acids is 1. The van der Waals surface area contributed by atoms with Crippen molar-refractivity contribution in [3.05, 3.63) is 21.5 Å². The minimum absolute atomic E-state index is 0.0713. The van der Waals surface area contributed by atoms with Crippen molar-refractivity contribution in [1.82, 2.24) is 15.1 Å². The molecule has 0 saturated heterocycles. The summed E-state index contributed by atoms with van der Waals surface area (Å²) in [6, 6.07) is -0.357. The van der Waals surface area contributed by atoms with Gasteiger partial charge >= 0.3 is 5.69 Å². The summed E-state index contributed by atoms with van der Waals surface area (Å²) in [4.78, 5) is 21.8. The Balaban J connectivity index is 2.83. The number of amides is 1. The third-order valence-electron chi connectivity index (χ3n) is 2.50. The van der Waals surface area contributed by atoms with Crippen molar-refractivity contribution >= 4 is 11.6 Å². The second-order valence-electron chi connectivity index (χ2n) is 4.09. The summed E-state index contributed by atoms with van der Waals surface area (Å²) in [5.41, 5.74) is 0.544. The number of aryl methyl sites for hydroxylation is 1. The summed E-state index contributed by atoms with van der Waals surface area (Å²) < 4.78 is 1.28. The molecule has 1 aromatic heterocycles. The Morgan fingerprint density at radius 3 is 2.67 bits per heavy atom. The van der Waals surface area contributed by atoms with E-state index in [4.69, 9.17) is 5.11 Å². The maximum absolute atomic E-state index is 11.6. The predicted molar refractivity (Wildman–Crippen MR) is 63.0 cm³/mol. The maximum Gasteiger partial charge on any atom is 0.312 e. The first-order valence-electron chi connectivity index (χ1n) is 5.45. The average molecular weight is 256 g/mol. The molecule has 0 aliphatic rings. The van der Waals surface area contributed by atoms with Gasteiger partial charge in [-0.1, -0.05) is 0 Å². The summed E-state index contributed by atoms with van der Waals surface area (Å²) in [5, 5.41) is 26.1. The molecule has 8 nitrogen and oxygen atoms in total. The molecule has 100 valence electrons. The van der Waals surface area contributed by atoms with E-state index in [0.29, 0.717) is 5.69 Å². The summed E-state index contributed by atoms with van der Waals surface area (Å²) >= 11 is 0. The number of carbonyl (C=O) groups is 1. The zero-order chi connectivity index (χ0) is 13.9. The van der Waals surface area contributed by atoms with Crippen molar-refractivity contribution in [1.29, 1.82) is 0 Å². The average Bonchev–Trinajstić information content (AvgIpc) is 2.53. The minimum atomic E-state index is -0.511. The molecule has 1 aromatic rings. The van der Waals surface area contributed by atoms with Gasteiger partial charge in [-0.3, -0.25) is 19.6 Å². The van der Waals surface area contributed by atoms with Crippen molar-refractivity contribution in [3.63, 3.8) is 0 Å². The Hall–Kier alpha value is -1.96. The van der Waals surface area contributed by atoms with Crippen molar-refractivity contribution in [3.8, 4) is 0 Å². The third-order valence-corrected chi connectivity index (χ3v) is 2.50. The second kappa shape index (κ2) is 5.58. The van der Waals surface area contributed by atoms with E-state index in [1.807, 2.05) is 0 Å².